The van der Waals surface area contributed by atoms with Crippen LogP contribution in [-0.4, -0.2) is 11.3 Å². The van der Waals surface area contributed by atoms with Crippen LogP contribution < -0.4 is 0 Å². The van der Waals surface area contributed by atoms with Crippen molar-refractivity contribution in [1.82, 2.24) is 4.98 Å². The summed E-state index contributed by atoms with van der Waals surface area (Å²) >= 11 is 3.22. The molecule has 0 amide bonds. The maximum absolute atomic E-state index is 10.8. The number of hydrogen-bond acceptors (Lipinski definition) is 4. The van der Waals surface area contributed by atoms with Crippen molar-refractivity contribution in [3.05, 3.63) is 65.5 Å². The topological polar surface area (TPSA) is 30.0 Å². The third-order valence-corrected chi connectivity index (χ3v) is 5.60. The summed E-state index contributed by atoms with van der Waals surface area (Å²) < 4.78 is 1.20. The van der Waals surface area contributed by atoms with E-state index in [0.29, 0.717) is 0 Å². The van der Waals surface area contributed by atoms with Crippen LogP contribution in [0.15, 0.2) is 60.7 Å². The molecule has 2 heterocycles. The van der Waals surface area contributed by atoms with Crippen LogP contribution >= 0.6 is 22.7 Å². The van der Waals surface area contributed by atoms with Crippen molar-refractivity contribution in [2.24, 2.45) is 0 Å². The lowest BCUT2D eigenvalue weighted by Crippen LogP contribution is -1.77. The number of para-hydroxylation sites is 1. The summed E-state index contributed by atoms with van der Waals surface area (Å²) in [7, 11) is 0. The van der Waals surface area contributed by atoms with Gasteiger partial charge in [-0.15, -0.1) is 22.7 Å². The number of nitrogens with zero attached hydrogens (tertiary/aromatic N) is 1. The Labute approximate surface area is 135 Å². The predicted molar refractivity (Wildman–Crippen MR) is 93.8 cm³/mol. The molecule has 0 N–H and O–H groups in total. The number of thiophene rings is 1. The van der Waals surface area contributed by atoms with E-state index in [4.69, 9.17) is 0 Å². The predicted octanol–water partition coefficient (Wildman–Crippen LogP) is 5.50. The van der Waals surface area contributed by atoms with Gasteiger partial charge in [0.1, 0.15) is 5.01 Å². The summed E-state index contributed by atoms with van der Waals surface area (Å²) in [4.78, 5) is 17.3. The first-order chi connectivity index (χ1) is 10.8. The van der Waals surface area contributed by atoms with E-state index in [0.717, 1.165) is 37.7 Å². The molecule has 0 aliphatic carbocycles. The van der Waals surface area contributed by atoms with E-state index in [9.17, 15) is 4.79 Å². The van der Waals surface area contributed by atoms with Crippen molar-refractivity contribution in [1.29, 1.82) is 0 Å². The molecular formula is C18H11NOS2. The molecule has 0 fully saturated rings. The molecule has 4 rings (SSSR count). The number of rotatable bonds is 3. The highest BCUT2D eigenvalue weighted by atomic mass is 32.1. The monoisotopic (exact) mass is 321 g/mol. The molecule has 0 aliphatic heterocycles. The molecule has 2 nitrogen and oxygen atoms in total. The second-order valence-electron chi connectivity index (χ2n) is 4.88. The normalized spacial score (nSPS) is 10.9. The molecular weight excluding hydrogens is 310 g/mol. The van der Waals surface area contributed by atoms with Gasteiger partial charge >= 0.3 is 0 Å². The molecule has 0 aliphatic rings. The van der Waals surface area contributed by atoms with Crippen LogP contribution in [0.5, 0.6) is 0 Å². The zero-order valence-corrected chi connectivity index (χ0v) is 13.2. The lowest BCUT2D eigenvalue weighted by molar-refractivity contribution is 0.112. The second-order valence-corrected chi connectivity index (χ2v) is 7.03. The number of thiazole rings is 1. The third kappa shape index (κ3) is 2.36. The van der Waals surface area contributed by atoms with Crippen LogP contribution in [0.25, 0.3) is 31.2 Å². The van der Waals surface area contributed by atoms with Gasteiger partial charge in [-0.05, 0) is 29.8 Å². The van der Waals surface area contributed by atoms with Gasteiger partial charge in [0.25, 0.3) is 0 Å². The Kier molecular flexibility index (Phi) is 3.33. The summed E-state index contributed by atoms with van der Waals surface area (Å²) in [6.07, 6.45) is 0.893. The minimum atomic E-state index is 0.755. The van der Waals surface area contributed by atoms with E-state index in [-0.39, 0.29) is 0 Å². The Morgan fingerprint density at radius 2 is 1.59 bits per heavy atom. The van der Waals surface area contributed by atoms with Crippen molar-refractivity contribution in [2.75, 3.05) is 0 Å². The lowest BCUT2D eigenvalue weighted by atomic mass is 10.1. The lowest BCUT2D eigenvalue weighted by Gasteiger charge is -1.99. The average molecular weight is 321 g/mol. The summed E-state index contributed by atoms with van der Waals surface area (Å²) in [5, 5.41) is 1.03. The highest BCUT2D eigenvalue weighted by molar-refractivity contribution is 7.21. The fraction of sp³-hybridized carbons (Fsp3) is 0. The van der Waals surface area contributed by atoms with E-state index in [2.05, 4.69) is 35.3 Å². The van der Waals surface area contributed by atoms with Crippen LogP contribution in [0.2, 0.25) is 0 Å². The number of carbonyl (C=O) groups excluding carboxylic acids is 1. The Balaban J connectivity index is 1.70. The molecule has 2 aromatic heterocycles. The summed E-state index contributed by atoms with van der Waals surface area (Å²) in [6, 6.07) is 20.4. The SMILES string of the molecule is O=Cc1ccc(-c2ccc(-c3nc4ccccc4s3)cc2)s1. The van der Waals surface area contributed by atoms with E-state index in [1.54, 1.807) is 11.3 Å². The van der Waals surface area contributed by atoms with Gasteiger partial charge in [-0.25, -0.2) is 4.98 Å². The van der Waals surface area contributed by atoms with Crippen LogP contribution in [0.4, 0.5) is 0 Å². The van der Waals surface area contributed by atoms with Crippen LogP contribution in [0, 0.1) is 0 Å². The van der Waals surface area contributed by atoms with Gasteiger partial charge in [0.05, 0.1) is 15.1 Å². The minimum Gasteiger partial charge on any atom is -0.297 e. The summed E-state index contributed by atoms with van der Waals surface area (Å²) in [5.41, 5.74) is 3.29. The molecule has 4 aromatic rings. The Bertz CT molecular complexity index is 918. The van der Waals surface area contributed by atoms with Crippen LogP contribution in [-0.2, 0) is 0 Å². The molecule has 4 heteroatoms. The number of benzene rings is 2. The zero-order valence-electron chi connectivity index (χ0n) is 11.5. The van der Waals surface area contributed by atoms with E-state index in [1.165, 1.54) is 16.0 Å². The van der Waals surface area contributed by atoms with E-state index in [1.807, 2.05) is 30.3 Å². The van der Waals surface area contributed by atoms with Crippen molar-refractivity contribution < 1.29 is 4.79 Å². The zero-order chi connectivity index (χ0) is 14.9. The maximum Gasteiger partial charge on any atom is 0.160 e. The Morgan fingerprint density at radius 1 is 0.818 bits per heavy atom. The maximum atomic E-state index is 10.8. The number of carbonyl (C=O) groups is 1. The average Bonchev–Trinajstić information content (AvgIpc) is 3.21. The Morgan fingerprint density at radius 3 is 2.32 bits per heavy atom. The van der Waals surface area contributed by atoms with Crippen molar-refractivity contribution in [2.45, 2.75) is 0 Å². The first-order valence-corrected chi connectivity index (χ1v) is 8.48. The molecule has 106 valence electrons. The minimum absolute atomic E-state index is 0.755. The molecule has 0 bridgehead atoms. The molecule has 0 saturated carbocycles. The van der Waals surface area contributed by atoms with Gasteiger partial charge in [-0.2, -0.15) is 0 Å². The first kappa shape index (κ1) is 13.4. The highest BCUT2D eigenvalue weighted by Gasteiger charge is 2.07. The number of hydrogen-bond donors (Lipinski definition) is 0. The molecule has 2 aromatic carbocycles. The fourth-order valence-electron chi connectivity index (χ4n) is 2.34. The first-order valence-electron chi connectivity index (χ1n) is 6.85. The van der Waals surface area contributed by atoms with Gasteiger partial charge in [0.2, 0.25) is 0 Å². The van der Waals surface area contributed by atoms with Crippen molar-refractivity contribution in [3.63, 3.8) is 0 Å². The molecule has 22 heavy (non-hydrogen) atoms. The van der Waals surface area contributed by atoms with Crippen molar-refractivity contribution >= 4 is 39.2 Å². The van der Waals surface area contributed by atoms with Crippen molar-refractivity contribution in [3.8, 4) is 21.0 Å². The van der Waals surface area contributed by atoms with Crippen LogP contribution in [0.1, 0.15) is 9.67 Å². The molecule has 0 unspecified atom stereocenters. The molecule has 0 atom stereocenters. The highest BCUT2D eigenvalue weighted by Crippen LogP contribution is 2.33. The van der Waals surface area contributed by atoms with Gasteiger partial charge in [0.15, 0.2) is 6.29 Å². The largest absolute Gasteiger partial charge is 0.297 e. The third-order valence-electron chi connectivity index (χ3n) is 3.45. The van der Waals surface area contributed by atoms with E-state index >= 15 is 0 Å². The molecule has 0 radical (unpaired) electrons. The summed E-state index contributed by atoms with van der Waals surface area (Å²) in [5.74, 6) is 0. The standard InChI is InChI=1S/C18H11NOS2/c20-11-14-9-10-16(21-14)12-5-7-13(8-6-12)18-19-15-3-1-2-4-17(15)22-18/h1-11H. The smallest absolute Gasteiger partial charge is 0.160 e. The van der Waals surface area contributed by atoms with Crippen LogP contribution in [0.3, 0.4) is 0 Å². The second kappa shape index (κ2) is 5.48. The fourth-order valence-corrected chi connectivity index (χ4v) is 4.14. The molecule has 0 spiro atoms. The number of fused-ring (bicyclic) bond motifs is 1. The number of aldehydes is 1. The van der Waals surface area contributed by atoms with E-state index < -0.39 is 0 Å². The summed E-state index contributed by atoms with van der Waals surface area (Å²) in [6.45, 7) is 0. The Hall–Kier alpha value is -2.30. The van der Waals surface area contributed by atoms with Gasteiger partial charge in [-0.1, -0.05) is 36.4 Å². The molecule has 0 saturated heterocycles. The number of aromatic nitrogens is 1. The quantitative estimate of drug-likeness (QED) is 0.466. The van der Waals surface area contributed by atoms with Gasteiger partial charge in [-0.3, -0.25) is 4.79 Å². The van der Waals surface area contributed by atoms with Gasteiger partial charge < -0.3 is 0 Å². The van der Waals surface area contributed by atoms with Gasteiger partial charge in [0, 0.05) is 10.4 Å².